The average molecular weight is 261 g/mol. The standard InChI is InChI=1S/C10H12FNO4S/c1-12(9-5-3-2-4-8(9)11)17(15,16)7-6-10(13)14/h2-5H,6-7H2,1H3,(H,13,14). The van der Waals surface area contributed by atoms with Crippen molar-refractivity contribution in [2.45, 2.75) is 6.42 Å². The molecule has 0 saturated carbocycles. The van der Waals surface area contributed by atoms with Gasteiger partial charge in [-0.25, -0.2) is 12.8 Å². The second kappa shape index (κ2) is 5.13. The highest BCUT2D eigenvalue weighted by Crippen LogP contribution is 2.20. The molecule has 0 heterocycles. The van der Waals surface area contributed by atoms with Gasteiger partial charge < -0.3 is 5.11 Å². The maximum atomic E-state index is 13.3. The monoisotopic (exact) mass is 261 g/mol. The van der Waals surface area contributed by atoms with Crippen LogP contribution >= 0.6 is 0 Å². The first kappa shape index (κ1) is 13.4. The second-order valence-corrected chi connectivity index (χ2v) is 5.50. The van der Waals surface area contributed by atoms with Gasteiger partial charge in [0.2, 0.25) is 10.0 Å². The lowest BCUT2D eigenvalue weighted by atomic mass is 10.3. The Bertz CT molecular complexity index is 515. The third-order valence-electron chi connectivity index (χ3n) is 2.18. The van der Waals surface area contributed by atoms with E-state index in [0.29, 0.717) is 0 Å². The number of anilines is 1. The molecule has 0 fully saturated rings. The van der Waals surface area contributed by atoms with Crippen molar-refractivity contribution in [2.75, 3.05) is 17.1 Å². The molecule has 17 heavy (non-hydrogen) atoms. The van der Waals surface area contributed by atoms with Crippen molar-refractivity contribution in [3.05, 3.63) is 30.1 Å². The zero-order valence-electron chi connectivity index (χ0n) is 9.13. The molecular formula is C10H12FNO4S. The van der Waals surface area contributed by atoms with Gasteiger partial charge in [-0.3, -0.25) is 9.10 Å². The summed E-state index contributed by atoms with van der Waals surface area (Å²) in [5, 5.41) is 8.43. The lowest BCUT2D eigenvalue weighted by Crippen LogP contribution is -2.30. The summed E-state index contributed by atoms with van der Waals surface area (Å²) >= 11 is 0. The summed E-state index contributed by atoms with van der Waals surface area (Å²) in [6.07, 6.45) is -0.513. The zero-order chi connectivity index (χ0) is 13.1. The molecule has 1 aromatic rings. The molecule has 7 heteroatoms. The molecule has 5 nitrogen and oxygen atoms in total. The van der Waals surface area contributed by atoms with Crippen molar-refractivity contribution in [2.24, 2.45) is 0 Å². The van der Waals surface area contributed by atoms with E-state index in [1.54, 1.807) is 0 Å². The predicted molar refractivity (Wildman–Crippen MR) is 60.8 cm³/mol. The lowest BCUT2D eigenvalue weighted by Gasteiger charge is -2.19. The summed E-state index contributed by atoms with van der Waals surface area (Å²) < 4.78 is 37.5. The maximum absolute atomic E-state index is 13.3. The number of para-hydroxylation sites is 1. The molecule has 0 radical (unpaired) electrons. The van der Waals surface area contributed by atoms with Crippen LogP contribution in [0.1, 0.15) is 6.42 Å². The number of aliphatic carboxylic acids is 1. The van der Waals surface area contributed by atoms with E-state index in [1.165, 1.54) is 25.2 Å². The smallest absolute Gasteiger partial charge is 0.304 e. The second-order valence-electron chi connectivity index (χ2n) is 3.38. The van der Waals surface area contributed by atoms with E-state index < -0.39 is 34.0 Å². The van der Waals surface area contributed by atoms with Crippen LogP contribution in [-0.4, -0.2) is 32.3 Å². The molecule has 0 unspecified atom stereocenters. The van der Waals surface area contributed by atoms with Crippen LogP contribution in [0.3, 0.4) is 0 Å². The van der Waals surface area contributed by atoms with Crippen molar-refractivity contribution in [1.82, 2.24) is 0 Å². The highest BCUT2D eigenvalue weighted by Gasteiger charge is 2.21. The molecular weight excluding hydrogens is 249 g/mol. The van der Waals surface area contributed by atoms with Gasteiger partial charge in [0.15, 0.2) is 0 Å². The molecule has 0 atom stereocenters. The molecule has 0 bridgehead atoms. The first-order valence-electron chi connectivity index (χ1n) is 4.77. The molecule has 1 rings (SSSR count). The molecule has 1 aromatic carbocycles. The summed E-state index contributed by atoms with van der Waals surface area (Å²) in [4.78, 5) is 10.3. The number of hydrogen-bond acceptors (Lipinski definition) is 3. The van der Waals surface area contributed by atoms with E-state index >= 15 is 0 Å². The van der Waals surface area contributed by atoms with E-state index in [0.717, 1.165) is 10.4 Å². The summed E-state index contributed by atoms with van der Waals surface area (Å²) in [6, 6.07) is 5.39. The minimum absolute atomic E-state index is 0.0992. The number of benzene rings is 1. The molecule has 0 aromatic heterocycles. The third kappa shape index (κ3) is 3.42. The summed E-state index contributed by atoms with van der Waals surface area (Å²) in [5.41, 5.74) is -0.0992. The minimum Gasteiger partial charge on any atom is -0.481 e. The van der Waals surface area contributed by atoms with Gasteiger partial charge in [0.05, 0.1) is 17.9 Å². The molecule has 0 saturated heterocycles. The molecule has 0 spiro atoms. The van der Waals surface area contributed by atoms with Crippen molar-refractivity contribution >= 4 is 21.7 Å². The first-order valence-corrected chi connectivity index (χ1v) is 6.38. The Kier molecular flexibility index (Phi) is 4.06. The Morgan fingerprint density at radius 3 is 2.53 bits per heavy atom. The minimum atomic E-state index is -3.82. The number of carboxylic acid groups (broad SMARTS) is 1. The fourth-order valence-corrected chi connectivity index (χ4v) is 2.36. The van der Waals surface area contributed by atoms with Crippen molar-refractivity contribution < 1.29 is 22.7 Å². The number of carboxylic acids is 1. The lowest BCUT2D eigenvalue weighted by molar-refractivity contribution is -0.136. The Hall–Kier alpha value is -1.63. The predicted octanol–water partition coefficient (Wildman–Crippen LogP) is 1.07. The van der Waals surface area contributed by atoms with Crippen LogP contribution in [0.2, 0.25) is 0 Å². The van der Waals surface area contributed by atoms with E-state index in [-0.39, 0.29) is 5.69 Å². The SMILES string of the molecule is CN(c1ccccc1F)S(=O)(=O)CCC(=O)O. The van der Waals surface area contributed by atoms with E-state index in [1.807, 2.05) is 0 Å². The zero-order valence-corrected chi connectivity index (χ0v) is 9.95. The molecule has 1 N–H and O–H groups in total. The fourth-order valence-electron chi connectivity index (χ4n) is 1.21. The third-order valence-corrected chi connectivity index (χ3v) is 3.93. The normalized spacial score (nSPS) is 11.2. The van der Waals surface area contributed by atoms with Crippen molar-refractivity contribution in [1.29, 1.82) is 0 Å². The molecule has 0 aliphatic carbocycles. The van der Waals surface area contributed by atoms with Gasteiger partial charge in [0, 0.05) is 7.05 Å². The number of sulfonamides is 1. The molecule has 94 valence electrons. The fraction of sp³-hybridized carbons (Fsp3) is 0.300. The summed E-state index contributed by atoms with van der Waals surface area (Å²) in [7, 11) is -2.63. The van der Waals surface area contributed by atoms with Crippen LogP contribution in [0, 0.1) is 5.82 Å². The largest absolute Gasteiger partial charge is 0.481 e. The van der Waals surface area contributed by atoms with Crippen LogP contribution in [0.4, 0.5) is 10.1 Å². The van der Waals surface area contributed by atoms with Crippen LogP contribution in [0.15, 0.2) is 24.3 Å². The van der Waals surface area contributed by atoms with E-state index in [9.17, 15) is 17.6 Å². The van der Waals surface area contributed by atoms with E-state index in [2.05, 4.69) is 0 Å². The van der Waals surface area contributed by atoms with Gasteiger partial charge >= 0.3 is 5.97 Å². The molecule has 0 amide bonds. The Labute approximate surface area is 98.5 Å². The number of rotatable bonds is 5. The van der Waals surface area contributed by atoms with Gasteiger partial charge in [-0.15, -0.1) is 0 Å². The van der Waals surface area contributed by atoms with Crippen LogP contribution in [0.5, 0.6) is 0 Å². The highest BCUT2D eigenvalue weighted by molar-refractivity contribution is 7.92. The Balaban J connectivity index is 2.93. The molecule has 0 aliphatic rings. The topological polar surface area (TPSA) is 74.7 Å². The average Bonchev–Trinajstić information content (AvgIpc) is 2.26. The Morgan fingerprint density at radius 2 is 2.00 bits per heavy atom. The van der Waals surface area contributed by atoms with Gasteiger partial charge in [-0.1, -0.05) is 12.1 Å². The number of nitrogens with zero attached hydrogens (tertiary/aromatic N) is 1. The number of carbonyl (C=O) groups is 1. The van der Waals surface area contributed by atoms with Crippen LogP contribution in [0.25, 0.3) is 0 Å². The van der Waals surface area contributed by atoms with Crippen molar-refractivity contribution in [3.63, 3.8) is 0 Å². The van der Waals surface area contributed by atoms with Crippen molar-refractivity contribution in [3.8, 4) is 0 Å². The van der Waals surface area contributed by atoms with Gasteiger partial charge in [-0.2, -0.15) is 0 Å². The molecule has 0 aliphatic heterocycles. The quantitative estimate of drug-likeness (QED) is 0.860. The summed E-state index contributed by atoms with van der Waals surface area (Å²) in [6.45, 7) is 0. The number of hydrogen-bond donors (Lipinski definition) is 1. The van der Waals surface area contributed by atoms with Crippen LogP contribution < -0.4 is 4.31 Å². The van der Waals surface area contributed by atoms with Gasteiger partial charge in [-0.05, 0) is 12.1 Å². The number of halogens is 1. The highest BCUT2D eigenvalue weighted by atomic mass is 32.2. The van der Waals surface area contributed by atoms with Gasteiger partial charge in [0.25, 0.3) is 0 Å². The first-order chi connectivity index (χ1) is 7.84. The summed E-state index contributed by atoms with van der Waals surface area (Å²) in [5.74, 6) is -2.45. The van der Waals surface area contributed by atoms with Gasteiger partial charge in [0.1, 0.15) is 5.82 Å². The van der Waals surface area contributed by atoms with E-state index in [4.69, 9.17) is 5.11 Å². The van der Waals surface area contributed by atoms with Crippen LogP contribution in [-0.2, 0) is 14.8 Å². The Morgan fingerprint density at radius 1 is 1.41 bits per heavy atom. The maximum Gasteiger partial charge on any atom is 0.304 e.